The van der Waals surface area contributed by atoms with Crippen molar-refractivity contribution in [2.75, 3.05) is 6.26 Å². The summed E-state index contributed by atoms with van der Waals surface area (Å²) in [6.07, 6.45) is 3.89. The van der Waals surface area contributed by atoms with Gasteiger partial charge < -0.3 is 15.4 Å². The summed E-state index contributed by atoms with van der Waals surface area (Å²) in [5, 5.41) is 13.1. The molecular formula is C19H18N2O3S. The molecule has 1 amide bonds. The van der Waals surface area contributed by atoms with Crippen LogP contribution in [0.15, 0.2) is 59.6 Å². The van der Waals surface area contributed by atoms with Crippen LogP contribution < -0.4 is 5.32 Å². The van der Waals surface area contributed by atoms with Gasteiger partial charge in [-0.25, -0.2) is 4.79 Å². The molecular weight excluding hydrogens is 336 g/mol. The Morgan fingerprint density at radius 3 is 2.64 bits per heavy atom. The number of carboxylic acid groups (broad SMARTS) is 1. The number of aromatic nitrogens is 1. The predicted molar refractivity (Wildman–Crippen MR) is 99.1 cm³/mol. The molecule has 0 radical (unpaired) electrons. The number of hydrogen-bond acceptors (Lipinski definition) is 3. The van der Waals surface area contributed by atoms with E-state index >= 15 is 0 Å². The fraction of sp³-hybridized carbons (Fsp3) is 0.158. The third kappa shape index (κ3) is 3.69. The second-order valence-electron chi connectivity index (χ2n) is 5.63. The first-order valence-corrected chi connectivity index (χ1v) is 9.04. The number of carbonyl (C=O) groups excluding carboxylic acids is 1. The number of para-hydroxylation sites is 1. The molecule has 3 N–H and O–H groups in total. The Labute approximate surface area is 149 Å². The summed E-state index contributed by atoms with van der Waals surface area (Å²) in [5.41, 5.74) is 2.29. The van der Waals surface area contributed by atoms with Crippen LogP contribution in [0.5, 0.6) is 0 Å². The summed E-state index contributed by atoms with van der Waals surface area (Å²) in [4.78, 5) is 28.1. The van der Waals surface area contributed by atoms with E-state index in [1.165, 1.54) is 11.8 Å². The Hall–Kier alpha value is -2.73. The van der Waals surface area contributed by atoms with Crippen LogP contribution in [0, 0.1) is 0 Å². The third-order valence-corrected chi connectivity index (χ3v) is 4.85. The molecule has 6 heteroatoms. The van der Waals surface area contributed by atoms with Crippen molar-refractivity contribution in [2.45, 2.75) is 17.4 Å². The molecule has 25 heavy (non-hydrogen) atoms. The molecule has 2 aromatic carbocycles. The van der Waals surface area contributed by atoms with E-state index in [1.807, 2.05) is 42.7 Å². The number of hydrogen-bond donors (Lipinski definition) is 3. The Morgan fingerprint density at radius 2 is 1.88 bits per heavy atom. The van der Waals surface area contributed by atoms with Gasteiger partial charge >= 0.3 is 5.97 Å². The number of nitrogens with one attached hydrogen (secondary N) is 2. The highest BCUT2D eigenvalue weighted by Crippen LogP contribution is 2.21. The molecule has 1 heterocycles. The average molecular weight is 354 g/mol. The van der Waals surface area contributed by atoms with Gasteiger partial charge in [0.05, 0.1) is 5.56 Å². The summed E-state index contributed by atoms with van der Waals surface area (Å²) in [6, 6.07) is 13.9. The summed E-state index contributed by atoms with van der Waals surface area (Å²) < 4.78 is 0. The van der Waals surface area contributed by atoms with E-state index in [-0.39, 0.29) is 12.3 Å². The molecule has 1 aromatic heterocycles. The normalized spacial score (nSPS) is 12.0. The summed E-state index contributed by atoms with van der Waals surface area (Å²) in [6.45, 7) is 0. The lowest BCUT2D eigenvalue weighted by Crippen LogP contribution is -2.42. The van der Waals surface area contributed by atoms with Gasteiger partial charge in [-0.1, -0.05) is 30.3 Å². The zero-order valence-electron chi connectivity index (χ0n) is 13.7. The maximum atomic E-state index is 12.5. The van der Waals surface area contributed by atoms with E-state index in [9.17, 15) is 14.7 Å². The van der Waals surface area contributed by atoms with Gasteiger partial charge in [-0.3, -0.25) is 4.79 Å². The number of carboxylic acids is 1. The van der Waals surface area contributed by atoms with Gasteiger partial charge in [0.2, 0.25) is 0 Å². The van der Waals surface area contributed by atoms with Crippen molar-refractivity contribution in [3.63, 3.8) is 0 Å². The van der Waals surface area contributed by atoms with Gasteiger partial charge in [0, 0.05) is 28.4 Å². The molecule has 128 valence electrons. The first kappa shape index (κ1) is 17.1. The molecule has 0 saturated heterocycles. The van der Waals surface area contributed by atoms with Crippen LogP contribution in [-0.2, 0) is 11.2 Å². The number of fused-ring (bicyclic) bond motifs is 1. The maximum absolute atomic E-state index is 12.5. The number of carbonyl (C=O) groups is 2. The number of rotatable bonds is 6. The van der Waals surface area contributed by atoms with Gasteiger partial charge in [0.25, 0.3) is 5.91 Å². The number of thioether (sulfide) groups is 1. The summed E-state index contributed by atoms with van der Waals surface area (Å²) in [5.74, 6) is -1.43. The van der Waals surface area contributed by atoms with Crippen molar-refractivity contribution in [3.05, 3.63) is 65.9 Å². The Morgan fingerprint density at radius 1 is 1.16 bits per heavy atom. The van der Waals surface area contributed by atoms with Crippen LogP contribution in [0.25, 0.3) is 10.9 Å². The topological polar surface area (TPSA) is 82.2 Å². The monoisotopic (exact) mass is 354 g/mol. The number of aliphatic carboxylic acids is 1. The van der Waals surface area contributed by atoms with E-state index in [4.69, 9.17) is 0 Å². The van der Waals surface area contributed by atoms with Crippen molar-refractivity contribution >= 4 is 34.5 Å². The SMILES string of the molecule is CSc1ccccc1C(=O)NC(Cc1c[nH]c2ccccc12)C(=O)O. The number of H-pyrrole nitrogens is 1. The molecule has 1 atom stereocenters. The van der Waals surface area contributed by atoms with Crippen molar-refractivity contribution in [3.8, 4) is 0 Å². The summed E-state index contributed by atoms with van der Waals surface area (Å²) in [7, 11) is 0. The Balaban J connectivity index is 1.82. The standard InChI is InChI=1S/C19H18N2O3S/c1-25-17-9-5-3-7-14(17)18(22)21-16(19(23)24)10-12-11-20-15-8-4-2-6-13(12)15/h2-9,11,16,20H,10H2,1H3,(H,21,22)(H,23,24). The third-order valence-electron chi connectivity index (χ3n) is 4.05. The minimum atomic E-state index is -1.06. The molecule has 0 fully saturated rings. The average Bonchev–Trinajstić information content (AvgIpc) is 3.04. The minimum absolute atomic E-state index is 0.215. The van der Waals surface area contributed by atoms with Crippen molar-refractivity contribution in [1.29, 1.82) is 0 Å². The lowest BCUT2D eigenvalue weighted by atomic mass is 10.0. The molecule has 0 spiro atoms. The fourth-order valence-electron chi connectivity index (χ4n) is 2.79. The molecule has 3 aromatic rings. The fourth-order valence-corrected chi connectivity index (χ4v) is 3.38. The second-order valence-corrected chi connectivity index (χ2v) is 6.48. The van der Waals surface area contributed by atoms with E-state index in [0.717, 1.165) is 21.4 Å². The van der Waals surface area contributed by atoms with Gasteiger partial charge in [-0.05, 0) is 30.0 Å². The predicted octanol–water partition coefficient (Wildman–Crippen LogP) is 3.32. The molecule has 0 bridgehead atoms. The second kappa shape index (κ2) is 7.44. The Bertz CT molecular complexity index is 920. The molecule has 0 aliphatic carbocycles. The van der Waals surface area contributed by atoms with E-state index < -0.39 is 12.0 Å². The largest absolute Gasteiger partial charge is 0.480 e. The first-order chi connectivity index (χ1) is 12.1. The van der Waals surface area contributed by atoms with Crippen LogP contribution in [0.3, 0.4) is 0 Å². The highest BCUT2D eigenvalue weighted by atomic mass is 32.2. The minimum Gasteiger partial charge on any atom is -0.480 e. The van der Waals surface area contributed by atoms with Crippen molar-refractivity contribution in [2.24, 2.45) is 0 Å². The molecule has 3 rings (SSSR count). The van der Waals surface area contributed by atoms with Crippen LogP contribution in [-0.4, -0.2) is 34.3 Å². The summed E-state index contributed by atoms with van der Waals surface area (Å²) >= 11 is 1.45. The zero-order chi connectivity index (χ0) is 17.8. The van der Waals surface area contributed by atoms with Crippen LogP contribution in [0.4, 0.5) is 0 Å². The molecule has 0 aliphatic heterocycles. The molecule has 5 nitrogen and oxygen atoms in total. The highest BCUT2D eigenvalue weighted by Gasteiger charge is 2.23. The number of benzene rings is 2. The highest BCUT2D eigenvalue weighted by molar-refractivity contribution is 7.98. The van der Waals surface area contributed by atoms with Crippen LogP contribution in [0.1, 0.15) is 15.9 Å². The van der Waals surface area contributed by atoms with Gasteiger partial charge in [-0.15, -0.1) is 11.8 Å². The van der Waals surface area contributed by atoms with E-state index in [1.54, 1.807) is 18.3 Å². The van der Waals surface area contributed by atoms with Crippen molar-refractivity contribution in [1.82, 2.24) is 10.3 Å². The van der Waals surface area contributed by atoms with Gasteiger partial charge in [0.15, 0.2) is 0 Å². The van der Waals surface area contributed by atoms with Crippen molar-refractivity contribution < 1.29 is 14.7 Å². The lowest BCUT2D eigenvalue weighted by Gasteiger charge is -2.15. The Kier molecular flexibility index (Phi) is 5.09. The van der Waals surface area contributed by atoms with E-state index in [2.05, 4.69) is 10.3 Å². The maximum Gasteiger partial charge on any atom is 0.326 e. The number of amides is 1. The smallest absolute Gasteiger partial charge is 0.326 e. The zero-order valence-corrected chi connectivity index (χ0v) is 14.5. The lowest BCUT2D eigenvalue weighted by molar-refractivity contribution is -0.139. The molecule has 0 saturated carbocycles. The number of aromatic amines is 1. The van der Waals surface area contributed by atoms with Gasteiger partial charge in [-0.2, -0.15) is 0 Å². The van der Waals surface area contributed by atoms with E-state index in [0.29, 0.717) is 5.56 Å². The van der Waals surface area contributed by atoms with Crippen LogP contribution in [0.2, 0.25) is 0 Å². The molecule has 1 unspecified atom stereocenters. The molecule has 0 aliphatic rings. The van der Waals surface area contributed by atoms with Crippen LogP contribution >= 0.6 is 11.8 Å². The first-order valence-electron chi connectivity index (χ1n) is 7.82. The quantitative estimate of drug-likeness (QED) is 0.593. The van der Waals surface area contributed by atoms with Gasteiger partial charge in [0.1, 0.15) is 6.04 Å².